The summed E-state index contributed by atoms with van der Waals surface area (Å²) in [5.74, 6) is 0. The summed E-state index contributed by atoms with van der Waals surface area (Å²) in [4.78, 5) is 0. The van der Waals surface area contributed by atoms with Crippen molar-refractivity contribution in [1.82, 2.24) is 9.78 Å². The van der Waals surface area contributed by atoms with Gasteiger partial charge in [0.05, 0.1) is 0 Å². The first-order valence-corrected chi connectivity index (χ1v) is 5.64. The molecule has 17 heavy (non-hydrogen) atoms. The largest absolute Gasteiger partial charge is 0.248 e. The van der Waals surface area contributed by atoms with Crippen LogP contribution < -0.4 is 5.49 Å². The summed E-state index contributed by atoms with van der Waals surface area (Å²) in [7, 11) is 1.80. The van der Waals surface area contributed by atoms with E-state index in [1.807, 2.05) is 38.1 Å². The van der Waals surface area contributed by atoms with Gasteiger partial charge in [0.25, 0.3) is 0 Å². The summed E-state index contributed by atoms with van der Waals surface area (Å²) in [6.45, 7) is 3.80. The van der Waals surface area contributed by atoms with E-state index in [0.29, 0.717) is 10.6 Å². The molecule has 0 spiro atoms. The second-order valence-electron chi connectivity index (χ2n) is 3.93. The summed E-state index contributed by atoms with van der Waals surface area (Å²) >= 11 is 6.09. The average Bonchev–Trinajstić information content (AvgIpc) is 2.28. The number of hydrogen-bond acceptors (Lipinski definition) is 3. The van der Waals surface area contributed by atoms with Crippen LogP contribution in [0, 0.1) is 0 Å². The Labute approximate surface area is 104 Å². The summed E-state index contributed by atoms with van der Waals surface area (Å²) in [6, 6.07) is 7.75. The molecule has 1 aromatic carbocycles. The average molecular weight is 249 g/mol. The molecule has 2 aromatic rings. The molecule has 88 valence electrons. The van der Waals surface area contributed by atoms with Crippen molar-refractivity contribution >= 4 is 28.1 Å². The molecule has 0 radical (unpaired) electrons. The van der Waals surface area contributed by atoms with Crippen molar-refractivity contribution in [3.63, 3.8) is 0 Å². The molecule has 0 N–H and O–H groups in total. The van der Waals surface area contributed by atoms with Crippen molar-refractivity contribution < 1.29 is 0 Å². The smallest absolute Gasteiger partial charge is 0.179 e. The van der Waals surface area contributed by atoms with Crippen molar-refractivity contribution in [3.05, 3.63) is 34.9 Å². The van der Waals surface area contributed by atoms with Gasteiger partial charge < -0.3 is 0 Å². The lowest BCUT2D eigenvalue weighted by molar-refractivity contribution is 0.696. The second kappa shape index (κ2) is 4.67. The number of fused-ring (bicyclic) bond motifs is 1. The molecule has 0 bridgehead atoms. The summed E-state index contributed by atoms with van der Waals surface area (Å²) in [6.07, 6.45) is 0. The van der Waals surface area contributed by atoms with Gasteiger partial charge in [-0.15, -0.1) is 5.10 Å². The number of benzene rings is 1. The molecular weight excluding hydrogens is 236 g/mol. The fourth-order valence-electron chi connectivity index (χ4n) is 1.53. The molecule has 0 saturated heterocycles. The minimum Gasteiger partial charge on any atom is -0.248 e. The molecule has 0 atom stereocenters. The normalized spacial score (nSPS) is 11.9. The standard InChI is InChI=1S/C12H13ClN4/c1-8(2)14-15-12-10-7-5-4-6-9(10)11(13)16-17(12)3/h4-7H,1-3H3/b15-12+. The highest BCUT2D eigenvalue weighted by Crippen LogP contribution is 2.16. The van der Waals surface area contributed by atoms with Gasteiger partial charge in [-0.2, -0.15) is 10.2 Å². The fraction of sp³-hybridized carbons (Fsp3) is 0.250. The Hall–Kier alpha value is -1.68. The molecule has 0 aliphatic carbocycles. The Morgan fingerprint density at radius 1 is 1.24 bits per heavy atom. The highest BCUT2D eigenvalue weighted by atomic mass is 35.5. The SMILES string of the molecule is CC(C)=N/N=c1\c2ccccc2c(Cl)nn1C. The lowest BCUT2D eigenvalue weighted by Gasteiger charge is -2.04. The van der Waals surface area contributed by atoms with E-state index >= 15 is 0 Å². The van der Waals surface area contributed by atoms with Crippen molar-refractivity contribution in [2.24, 2.45) is 17.3 Å². The number of hydrogen-bond donors (Lipinski definition) is 0. The Kier molecular flexibility index (Phi) is 3.24. The van der Waals surface area contributed by atoms with E-state index < -0.39 is 0 Å². The molecule has 0 aliphatic rings. The number of aromatic nitrogens is 2. The predicted molar refractivity (Wildman–Crippen MR) is 70.1 cm³/mol. The molecule has 0 amide bonds. The maximum atomic E-state index is 6.09. The van der Waals surface area contributed by atoms with E-state index in [1.54, 1.807) is 11.7 Å². The number of halogens is 1. The van der Waals surface area contributed by atoms with E-state index in [9.17, 15) is 0 Å². The Bertz CT molecular complexity index is 651. The topological polar surface area (TPSA) is 42.5 Å². The molecule has 0 unspecified atom stereocenters. The third kappa shape index (κ3) is 2.36. The Balaban J connectivity index is 2.88. The highest BCUT2D eigenvalue weighted by molar-refractivity contribution is 6.34. The van der Waals surface area contributed by atoms with Gasteiger partial charge in [-0.05, 0) is 13.8 Å². The maximum absolute atomic E-state index is 6.09. The van der Waals surface area contributed by atoms with Crippen molar-refractivity contribution in [1.29, 1.82) is 0 Å². The van der Waals surface area contributed by atoms with Gasteiger partial charge >= 0.3 is 0 Å². The second-order valence-corrected chi connectivity index (χ2v) is 4.29. The quantitative estimate of drug-likeness (QED) is 0.565. The van der Waals surface area contributed by atoms with Crippen LogP contribution in [0.5, 0.6) is 0 Å². The van der Waals surface area contributed by atoms with Gasteiger partial charge in [0.15, 0.2) is 10.6 Å². The molecule has 0 saturated carbocycles. The lowest BCUT2D eigenvalue weighted by Crippen LogP contribution is -2.21. The van der Waals surface area contributed by atoms with Gasteiger partial charge in [-0.3, -0.25) is 0 Å². The van der Waals surface area contributed by atoms with Crippen molar-refractivity contribution in [2.75, 3.05) is 0 Å². The lowest BCUT2D eigenvalue weighted by atomic mass is 10.2. The van der Waals surface area contributed by atoms with Crippen LogP contribution in [0.15, 0.2) is 34.5 Å². The maximum Gasteiger partial charge on any atom is 0.179 e. The van der Waals surface area contributed by atoms with Gasteiger partial charge in [0, 0.05) is 23.5 Å². The molecule has 2 rings (SSSR count). The number of nitrogens with zero attached hydrogens (tertiary/aromatic N) is 4. The van der Waals surface area contributed by atoms with Crippen LogP contribution in [0.1, 0.15) is 13.8 Å². The zero-order chi connectivity index (χ0) is 12.4. The third-order valence-corrected chi connectivity index (χ3v) is 2.56. The van der Waals surface area contributed by atoms with Crippen LogP contribution in [0.25, 0.3) is 10.8 Å². The molecule has 1 aromatic heterocycles. The van der Waals surface area contributed by atoms with E-state index in [-0.39, 0.29) is 0 Å². The van der Waals surface area contributed by atoms with Crippen LogP contribution in [-0.2, 0) is 7.05 Å². The van der Waals surface area contributed by atoms with Gasteiger partial charge in [-0.1, -0.05) is 35.9 Å². The Morgan fingerprint density at radius 2 is 1.88 bits per heavy atom. The zero-order valence-electron chi connectivity index (χ0n) is 9.98. The van der Waals surface area contributed by atoms with E-state index in [2.05, 4.69) is 15.3 Å². The summed E-state index contributed by atoms with van der Waals surface area (Å²) in [5, 5.41) is 14.8. The molecular formula is C12H13ClN4. The van der Waals surface area contributed by atoms with Crippen molar-refractivity contribution in [3.8, 4) is 0 Å². The first-order valence-electron chi connectivity index (χ1n) is 5.26. The molecule has 1 heterocycles. The van der Waals surface area contributed by atoms with E-state index in [4.69, 9.17) is 11.6 Å². The first-order chi connectivity index (χ1) is 8.09. The minimum absolute atomic E-state index is 0.472. The van der Waals surface area contributed by atoms with E-state index in [1.165, 1.54) is 0 Å². The van der Waals surface area contributed by atoms with E-state index in [0.717, 1.165) is 16.5 Å². The van der Waals surface area contributed by atoms with Crippen LogP contribution in [0.3, 0.4) is 0 Å². The highest BCUT2D eigenvalue weighted by Gasteiger charge is 2.04. The third-order valence-electron chi connectivity index (χ3n) is 2.28. The van der Waals surface area contributed by atoms with Crippen LogP contribution >= 0.6 is 11.6 Å². The predicted octanol–water partition coefficient (Wildman–Crippen LogP) is 2.52. The zero-order valence-corrected chi connectivity index (χ0v) is 10.7. The molecule has 4 nitrogen and oxygen atoms in total. The molecule has 0 aliphatic heterocycles. The van der Waals surface area contributed by atoms with Crippen LogP contribution in [0.2, 0.25) is 5.15 Å². The fourth-order valence-corrected chi connectivity index (χ4v) is 1.81. The van der Waals surface area contributed by atoms with Crippen molar-refractivity contribution in [2.45, 2.75) is 13.8 Å². The van der Waals surface area contributed by atoms with Crippen LogP contribution in [0.4, 0.5) is 0 Å². The monoisotopic (exact) mass is 248 g/mol. The Morgan fingerprint density at radius 3 is 2.53 bits per heavy atom. The first kappa shape index (κ1) is 11.8. The summed E-state index contributed by atoms with van der Waals surface area (Å²) < 4.78 is 1.64. The number of aryl methyl sites for hydroxylation is 1. The minimum atomic E-state index is 0.472. The number of rotatable bonds is 1. The molecule has 5 heteroatoms. The molecule has 0 fully saturated rings. The van der Waals surface area contributed by atoms with Gasteiger partial charge in [0.2, 0.25) is 0 Å². The van der Waals surface area contributed by atoms with Gasteiger partial charge in [-0.25, -0.2) is 4.68 Å². The van der Waals surface area contributed by atoms with Crippen LogP contribution in [-0.4, -0.2) is 15.5 Å². The van der Waals surface area contributed by atoms with Gasteiger partial charge in [0.1, 0.15) is 0 Å². The summed E-state index contributed by atoms with van der Waals surface area (Å²) in [5.41, 5.74) is 1.59.